The van der Waals surface area contributed by atoms with Crippen LogP contribution in [0.5, 0.6) is 5.75 Å². The summed E-state index contributed by atoms with van der Waals surface area (Å²) in [6.07, 6.45) is 1.69. The van der Waals surface area contributed by atoms with E-state index in [1.165, 1.54) is 13.2 Å². The van der Waals surface area contributed by atoms with Crippen LogP contribution in [0, 0.1) is 17.8 Å². The molecule has 0 radical (unpaired) electrons. The maximum atomic E-state index is 13.5. The fourth-order valence-electron chi connectivity index (χ4n) is 5.36. The van der Waals surface area contributed by atoms with Crippen LogP contribution < -0.4 is 15.4 Å². The zero-order chi connectivity index (χ0) is 33.4. The van der Waals surface area contributed by atoms with E-state index in [9.17, 15) is 19.2 Å². The standard InChI is InChI=1S/C35H43ClN2O8/c1-6-20(2)30-35(42)44-27(22(4)31-32(45-31)24-11-8-7-9-12-24)13-10-14-29(39)38-26(33(40)37-19-21(3)34(41)46-30)18-23-15-16-28(43-5)25(36)17-23/h7-12,14-17,20-22,26-27,30-32H,6,13,18-19H2,1-5H3,(H,37,40)(H,38,39)/b14-10+/t20-,21+,22-,26+,27-,30-,31+,32+/m0/s1. The number of halogens is 1. The molecule has 2 aliphatic heterocycles. The lowest BCUT2D eigenvalue weighted by Crippen LogP contribution is -2.49. The van der Waals surface area contributed by atoms with Crippen molar-refractivity contribution in [2.75, 3.05) is 13.7 Å². The van der Waals surface area contributed by atoms with Crippen LogP contribution >= 0.6 is 11.6 Å². The fourth-order valence-corrected chi connectivity index (χ4v) is 5.64. The molecule has 2 aromatic carbocycles. The smallest absolute Gasteiger partial charge is 0.348 e. The van der Waals surface area contributed by atoms with Crippen molar-refractivity contribution in [3.8, 4) is 5.75 Å². The number of epoxide rings is 1. The SMILES string of the molecule is CC[C@H](C)[C@@H]1OC(=O)[C@H](C)CNC(=O)[C@@H](Cc2ccc(OC)c(Cl)c2)NC(=O)/C=C/C[C@@H]([C@H](C)[C@H]2O[C@@H]2c2ccccc2)OC1=O. The van der Waals surface area contributed by atoms with Gasteiger partial charge in [0.25, 0.3) is 0 Å². The van der Waals surface area contributed by atoms with Gasteiger partial charge in [-0.3, -0.25) is 14.4 Å². The summed E-state index contributed by atoms with van der Waals surface area (Å²) < 4.78 is 23.0. The molecule has 2 N–H and O–H groups in total. The number of hydrogen-bond acceptors (Lipinski definition) is 8. The second-order valence-corrected chi connectivity index (χ2v) is 12.4. The number of rotatable bonds is 8. The summed E-state index contributed by atoms with van der Waals surface area (Å²) in [5.74, 6) is -3.13. The quantitative estimate of drug-likeness (QED) is 0.308. The Morgan fingerprint density at radius 1 is 1.02 bits per heavy atom. The highest BCUT2D eigenvalue weighted by molar-refractivity contribution is 6.32. The molecular formula is C35H43ClN2O8. The van der Waals surface area contributed by atoms with Gasteiger partial charge >= 0.3 is 11.9 Å². The van der Waals surface area contributed by atoms with Crippen molar-refractivity contribution >= 4 is 35.4 Å². The average molecular weight is 655 g/mol. The summed E-state index contributed by atoms with van der Waals surface area (Å²) in [6, 6.07) is 13.9. The van der Waals surface area contributed by atoms with Gasteiger partial charge in [0.2, 0.25) is 17.9 Å². The zero-order valence-corrected chi connectivity index (χ0v) is 27.6. The van der Waals surface area contributed by atoms with E-state index in [0.717, 1.165) is 5.56 Å². The van der Waals surface area contributed by atoms with Gasteiger partial charge in [-0.25, -0.2) is 4.79 Å². The maximum Gasteiger partial charge on any atom is 0.348 e. The minimum absolute atomic E-state index is 0.0644. The molecule has 0 aliphatic carbocycles. The summed E-state index contributed by atoms with van der Waals surface area (Å²) >= 11 is 6.30. The van der Waals surface area contributed by atoms with Gasteiger partial charge in [-0.05, 0) is 35.8 Å². The Balaban J connectivity index is 1.59. The van der Waals surface area contributed by atoms with Gasteiger partial charge < -0.3 is 29.6 Å². The average Bonchev–Trinajstić information content (AvgIpc) is 3.85. The normalized spacial score (nSPS) is 28.1. The molecule has 8 atom stereocenters. The Morgan fingerprint density at radius 2 is 1.76 bits per heavy atom. The predicted molar refractivity (Wildman–Crippen MR) is 172 cm³/mol. The van der Waals surface area contributed by atoms with E-state index >= 15 is 0 Å². The molecule has 2 aromatic rings. The first-order chi connectivity index (χ1) is 22.0. The van der Waals surface area contributed by atoms with Gasteiger partial charge in [-0.2, -0.15) is 0 Å². The molecule has 1 fully saturated rings. The summed E-state index contributed by atoms with van der Waals surface area (Å²) in [5, 5.41) is 5.86. The summed E-state index contributed by atoms with van der Waals surface area (Å²) in [4.78, 5) is 53.1. The molecule has 0 unspecified atom stereocenters. The number of methoxy groups -OCH3 is 1. The first-order valence-corrected chi connectivity index (χ1v) is 16.1. The highest BCUT2D eigenvalue weighted by Gasteiger charge is 2.48. The molecule has 0 saturated carbocycles. The maximum absolute atomic E-state index is 13.5. The van der Waals surface area contributed by atoms with Crippen LogP contribution in [-0.4, -0.2) is 61.8 Å². The van der Waals surface area contributed by atoms with Crippen molar-refractivity contribution in [1.82, 2.24) is 10.6 Å². The van der Waals surface area contributed by atoms with Crippen molar-refractivity contribution < 1.29 is 38.1 Å². The van der Waals surface area contributed by atoms with E-state index in [2.05, 4.69) is 10.6 Å². The molecule has 0 bridgehead atoms. The van der Waals surface area contributed by atoms with Crippen LogP contribution in [0.1, 0.15) is 57.8 Å². The van der Waals surface area contributed by atoms with Crippen LogP contribution in [0.3, 0.4) is 0 Å². The van der Waals surface area contributed by atoms with E-state index in [1.54, 1.807) is 31.2 Å². The number of benzene rings is 2. The second kappa shape index (κ2) is 16.1. The Kier molecular flexibility index (Phi) is 12.2. The molecule has 10 nitrogen and oxygen atoms in total. The van der Waals surface area contributed by atoms with Gasteiger partial charge in [-0.15, -0.1) is 0 Å². The number of hydrogen-bond donors (Lipinski definition) is 2. The summed E-state index contributed by atoms with van der Waals surface area (Å²) in [6.45, 7) is 7.19. The molecule has 248 valence electrons. The van der Waals surface area contributed by atoms with Crippen molar-refractivity contribution in [3.05, 3.63) is 76.8 Å². The topological polar surface area (TPSA) is 133 Å². The number of amides is 2. The van der Waals surface area contributed by atoms with Gasteiger partial charge in [-0.1, -0.05) is 81.8 Å². The van der Waals surface area contributed by atoms with E-state index < -0.39 is 47.9 Å². The van der Waals surface area contributed by atoms with Gasteiger partial charge in [0.15, 0.2) is 0 Å². The number of nitrogens with one attached hydrogen (secondary N) is 2. The Hall–Kier alpha value is -3.89. The first-order valence-electron chi connectivity index (χ1n) is 15.7. The third-order valence-electron chi connectivity index (χ3n) is 8.57. The first kappa shape index (κ1) is 35.0. The van der Waals surface area contributed by atoms with Crippen molar-refractivity contribution in [2.45, 2.75) is 77.4 Å². The number of ether oxygens (including phenoxy) is 4. The molecule has 2 amide bonds. The van der Waals surface area contributed by atoms with Crippen molar-refractivity contribution in [2.24, 2.45) is 17.8 Å². The number of esters is 2. The Bertz CT molecular complexity index is 1420. The molecule has 4 rings (SSSR count). The Labute approximate surface area is 275 Å². The van der Waals surface area contributed by atoms with Crippen molar-refractivity contribution in [1.29, 1.82) is 0 Å². The highest BCUT2D eigenvalue weighted by Crippen LogP contribution is 2.45. The zero-order valence-electron chi connectivity index (χ0n) is 26.9. The van der Waals surface area contributed by atoms with E-state index in [-0.39, 0.29) is 43.4 Å². The third kappa shape index (κ3) is 9.10. The lowest BCUT2D eigenvalue weighted by molar-refractivity contribution is -0.179. The largest absolute Gasteiger partial charge is 0.495 e. The van der Waals surface area contributed by atoms with Gasteiger partial charge in [0.05, 0.1) is 24.2 Å². The van der Waals surface area contributed by atoms with Gasteiger partial charge in [0, 0.05) is 31.2 Å². The molecule has 2 heterocycles. The monoisotopic (exact) mass is 654 g/mol. The lowest BCUT2D eigenvalue weighted by Gasteiger charge is -2.28. The molecule has 0 aromatic heterocycles. The molecule has 2 aliphatic rings. The number of carbonyl (C=O) groups excluding carboxylic acids is 4. The molecule has 0 spiro atoms. The minimum Gasteiger partial charge on any atom is -0.495 e. The molecular weight excluding hydrogens is 612 g/mol. The molecule has 46 heavy (non-hydrogen) atoms. The fraction of sp³-hybridized carbons (Fsp3) is 0.486. The minimum atomic E-state index is -1.14. The van der Waals surface area contributed by atoms with Crippen LogP contribution in [0.25, 0.3) is 0 Å². The van der Waals surface area contributed by atoms with Crippen LogP contribution in [-0.2, 0) is 39.8 Å². The van der Waals surface area contributed by atoms with Crippen LogP contribution in [0.15, 0.2) is 60.7 Å². The number of carbonyl (C=O) groups is 4. The lowest BCUT2D eigenvalue weighted by atomic mass is 9.93. The van der Waals surface area contributed by atoms with Gasteiger partial charge in [0.1, 0.15) is 24.0 Å². The Morgan fingerprint density at radius 3 is 2.43 bits per heavy atom. The molecule has 1 saturated heterocycles. The molecule has 11 heteroatoms. The van der Waals surface area contributed by atoms with E-state index in [4.69, 9.17) is 30.5 Å². The van der Waals surface area contributed by atoms with Crippen LogP contribution in [0.4, 0.5) is 0 Å². The van der Waals surface area contributed by atoms with Crippen LogP contribution in [0.2, 0.25) is 5.02 Å². The summed E-state index contributed by atoms with van der Waals surface area (Å²) in [5.41, 5.74) is 1.73. The summed E-state index contributed by atoms with van der Waals surface area (Å²) in [7, 11) is 1.51. The third-order valence-corrected chi connectivity index (χ3v) is 8.87. The van der Waals surface area contributed by atoms with Crippen molar-refractivity contribution in [3.63, 3.8) is 0 Å². The second-order valence-electron chi connectivity index (χ2n) is 12.0. The van der Waals surface area contributed by atoms with E-state index in [1.807, 2.05) is 51.1 Å². The number of cyclic esters (lactones) is 2. The van der Waals surface area contributed by atoms with E-state index in [0.29, 0.717) is 22.8 Å². The highest BCUT2D eigenvalue weighted by atomic mass is 35.5. The predicted octanol–water partition coefficient (Wildman–Crippen LogP) is 4.73.